The molecule has 5 N–H and O–H groups in total. The van der Waals surface area contributed by atoms with Crippen LogP contribution in [0.3, 0.4) is 0 Å². The zero-order chi connectivity index (χ0) is 24.8. The monoisotopic (exact) mass is 464 g/mol. The predicted octanol–water partition coefficient (Wildman–Crippen LogP) is 1.62. The Hall–Kier alpha value is -3.98. The zero-order valence-electron chi connectivity index (χ0n) is 19.3. The number of nitrogens with two attached hydrogens (primary N) is 1. The van der Waals surface area contributed by atoms with Gasteiger partial charge in [0.15, 0.2) is 0 Å². The average molecular weight is 465 g/mol. The zero-order valence-corrected chi connectivity index (χ0v) is 19.3. The molecule has 0 saturated carbocycles. The highest BCUT2D eigenvalue weighted by molar-refractivity contribution is 5.99. The van der Waals surface area contributed by atoms with Crippen LogP contribution in [-0.2, 0) is 20.8 Å². The van der Waals surface area contributed by atoms with Crippen molar-refractivity contribution in [3.8, 4) is 0 Å². The van der Waals surface area contributed by atoms with E-state index < -0.39 is 41.5 Å². The van der Waals surface area contributed by atoms with Crippen LogP contribution in [-0.4, -0.2) is 35.8 Å². The van der Waals surface area contributed by atoms with Crippen LogP contribution in [0.4, 0.5) is 5.69 Å². The second-order valence-corrected chi connectivity index (χ2v) is 8.22. The first-order chi connectivity index (χ1) is 16.1. The lowest BCUT2D eigenvalue weighted by molar-refractivity contribution is -0.130. The van der Waals surface area contributed by atoms with E-state index >= 15 is 0 Å². The molecule has 9 nitrogen and oxygen atoms in total. The number of aryl methyl sites for hydroxylation is 1. The van der Waals surface area contributed by atoms with Crippen molar-refractivity contribution < 1.29 is 18.8 Å². The van der Waals surface area contributed by atoms with E-state index in [4.69, 9.17) is 10.2 Å². The Kier molecular flexibility index (Phi) is 7.80. The van der Waals surface area contributed by atoms with Crippen molar-refractivity contribution in [2.24, 2.45) is 5.73 Å². The molecule has 0 fully saturated rings. The van der Waals surface area contributed by atoms with Crippen molar-refractivity contribution in [1.29, 1.82) is 0 Å². The maximum atomic E-state index is 13.1. The molecular weight excluding hydrogens is 436 g/mol. The molecular formula is C25H28N4O5. The van der Waals surface area contributed by atoms with Gasteiger partial charge in [-0.2, -0.15) is 0 Å². The topological polar surface area (TPSA) is 144 Å². The molecule has 3 rings (SSSR count). The van der Waals surface area contributed by atoms with Gasteiger partial charge in [-0.15, -0.1) is 0 Å². The van der Waals surface area contributed by atoms with Gasteiger partial charge >= 0.3 is 5.63 Å². The van der Waals surface area contributed by atoms with E-state index in [-0.39, 0.29) is 6.42 Å². The van der Waals surface area contributed by atoms with Crippen molar-refractivity contribution in [3.63, 3.8) is 0 Å². The number of fused-ring (bicyclic) bond motifs is 1. The summed E-state index contributed by atoms with van der Waals surface area (Å²) in [5, 5.41) is 8.75. The Balaban J connectivity index is 1.80. The van der Waals surface area contributed by atoms with Crippen LogP contribution in [0.15, 0.2) is 63.8 Å². The second-order valence-electron chi connectivity index (χ2n) is 8.22. The van der Waals surface area contributed by atoms with Crippen molar-refractivity contribution in [2.75, 3.05) is 5.32 Å². The van der Waals surface area contributed by atoms with Crippen LogP contribution in [0.25, 0.3) is 11.0 Å². The minimum atomic E-state index is -0.926. The molecule has 0 aliphatic rings. The molecule has 0 saturated heterocycles. The quantitative estimate of drug-likeness (QED) is 0.373. The highest BCUT2D eigenvalue weighted by atomic mass is 16.4. The standard InChI is InChI=1S/C25H28N4O5/c1-14-11-22(30)34-21-13-18(9-10-19(14)21)28-25(33)20(12-17-7-5-4-6-8-17)29-24(32)16(3)27-23(31)15(2)26/h4-11,13,15-16,20H,12,26H2,1-3H3,(H,27,31)(H,28,33)(H,29,32)/t15-,16-,20+/m1/s1. The van der Waals surface area contributed by atoms with Gasteiger partial charge in [-0.1, -0.05) is 30.3 Å². The van der Waals surface area contributed by atoms with Gasteiger partial charge in [0.2, 0.25) is 17.7 Å². The van der Waals surface area contributed by atoms with Gasteiger partial charge in [0.1, 0.15) is 17.7 Å². The third-order valence-electron chi connectivity index (χ3n) is 5.30. The molecule has 2 aromatic carbocycles. The summed E-state index contributed by atoms with van der Waals surface area (Å²) in [6.45, 7) is 4.83. The predicted molar refractivity (Wildman–Crippen MR) is 129 cm³/mol. The van der Waals surface area contributed by atoms with Crippen molar-refractivity contribution in [1.82, 2.24) is 10.6 Å². The molecule has 178 valence electrons. The Bertz CT molecular complexity index is 1250. The number of carbonyl (C=O) groups is 3. The minimum absolute atomic E-state index is 0.230. The molecule has 0 aliphatic carbocycles. The van der Waals surface area contributed by atoms with Crippen LogP contribution < -0.4 is 27.3 Å². The lowest BCUT2D eigenvalue weighted by Crippen LogP contribution is -2.54. The number of benzene rings is 2. The summed E-state index contributed by atoms with van der Waals surface area (Å²) in [6, 6.07) is 13.1. The molecule has 3 atom stereocenters. The molecule has 1 aromatic heterocycles. The summed E-state index contributed by atoms with van der Waals surface area (Å²) in [6.07, 6.45) is 0.230. The molecule has 34 heavy (non-hydrogen) atoms. The molecule has 0 spiro atoms. The SMILES string of the molecule is Cc1cc(=O)oc2cc(NC(=O)[C@H](Cc3ccccc3)NC(=O)[C@@H](C)NC(=O)[C@@H](C)N)ccc12. The minimum Gasteiger partial charge on any atom is -0.423 e. The maximum Gasteiger partial charge on any atom is 0.336 e. The van der Waals surface area contributed by atoms with Crippen LogP contribution >= 0.6 is 0 Å². The molecule has 1 heterocycles. The first-order valence-electron chi connectivity index (χ1n) is 10.9. The number of anilines is 1. The summed E-state index contributed by atoms with van der Waals surface area (Å²) in [7, 11) is 0. The first-order valence-corrected chi connectivity index (χ1v) is 10.9. The van der Waals surface area contributed by atoms with E-state index in [2.05, 4.69) is 16.0 Å². The van der Waals surface area contributed by atoms with Gasteiger partial charge in [0.05, 0.1) is 6.04 Å². The van der Waals surface area contributed by atoms with Crippen LogP contribution in [0, 0.1) is 6.92 Å². The fourth-order valence-corrected chi connectivity index (χ4v) is 3.40. The van der Waals surface area contributed by atoms with E-state index in [9.17, 15) is 19.2 Å². The number of hydrogen-bond donors (Lipinski definition) is 4. The Morgan fingerprint density at radius 2 is 1.65 bits per heavy atom. The molecule has 3 aromatic rings. The number of carbonyl (C=O) groups excluding carboxylic acids is 3. The van der Waals surface area contributed by atoms with Gasteiger partial charge in [0, 0.05) is 29.6 Å². The summed E-state index contributed by atoms with van der Waals surface area (Å²) >= 11 is 0. The summed E-state index contributed by atoms with van der Waals surface area (Å²) < 4.78 is 5.25. The second kappa shape index (κ2) is 10.8. The molecule has 9 heteroatoms. The summed E-state index contributed by atoms with van der Waals surface area (Å²) in [5.41, 5.74) is 7.43. The maximum absolute atomic E-state index is 13.1. The van der Waals surface area contributed by atoms with Gasteiger partial charge in [-0.05, 0) is 44.0 Å². The van der Waals surface area contributed by atoms with Gasteiger partial charge in [-0.25, -0.2) is 4.79 Å². The molecule has 0 unspecified atom stereocenters. The smallest absolute Gasteiger partial charge is 0.336 e. The highest BCUT2D eigenvalue weighted by Crippen LogP contribution is 2.21. The van der Waals surface area contributed by atoms with Gasteiger partial charge in [-0.3, -0.25) is 14.4 Å². The van der Waals surface area contributed by atoms with E-state index in [1.165, 1.54) is 19.9 Å². The number of nitrogens with one attached hydrogen (secondary N) is 3. The molecule has 0 radical (unpaired) electrons. The van der Waals surface area contributed by atoms with Crippen molar-refractivity contribution in [2.45, 2.75) is 45.3 Å². The average Bonchev–Trinajstić information content (AvgIpc) is 2.78. The number of amides is 3. The van der Waals surface area contributed by atoms with Crippen LogP contribution in [0.5, 0.6) is 0 Å². The van der Waals surface area contributed by atoms with Crippen LogP contribution in [0.2, 0.25) is 0 Å². The third-order valence-corrected chi connectivity index (χ3v) is 5.30. The van der Waals surface area contributed by atoms with E-state index in [1.807, 2.05) is 30.3 Å². The van der Waals surface area contributed by atoms with Gasteiger partial charge < -0.3 is 26.1 Å². The fourth-order valence-electron chi connectivity index (χ4n) is 3.40. The van der Waals surface area contributed by atoms with E-state index in [1.54, 1.807) is 25.1 Å². The van der Waals surface area contributed by atoms with Crippen LogP contribution in [0.1, 0.15) is 25.0 Å². The summed E-state index contributed by atoms with van der Waals surface area (Å²) in [5.74, 6) is -1.46. The summed E-state index contributed by atoms with van der Waals surface area (Å²) in [4.78, 5) is 49.4. The van der Waals surface area contributed by atoms with Gasteiger partial charge in [0.25, 0.3) is 0 Å². The van der Waals surface area contributed by atoms with Crippen molar-refractivity contribution >= 4 is 34.4 Å². The Morgan fingerprint density at radius 3 is 2.32 bits per heavy atom. The normalized spacial score (nSPS) is 13.5. The lowest BCUT2D eigenvalue weighted by Gasteiger charge is -2.22. The fraction of sp³-hybridized carbons (Fsp3) is 0.280. The first kappa shape index (κ1) is 24.7. The van der Waals surface area contributed by atoms with Crippen molar-refractivity contribution in [3.05, 3.63) is 76.1 Å². The molecule has 0 bridgehead atoms. The third kappa shape index (κ3) is 6.29. The van der Waals surface area contributed by atoms with E-state index in [0.717, 1.165) is 16.5 Å². The molecule has 3 amide bonds. The Labute approximate surface area is 196 Å². The Morgan fingerprint density at radius 1 is 0.941 bits per heavy atom. The lowest BCUT2D eigenvalue weighted by atomic mass is 10.0. The number of rotatable bonds is 8. The molecule has 0 aliphatic heterocycles. The highest BCUT2D eigenvalue weighted by Gasteiger charge is 2.25. The largest absolute Gasteiger partial charge is 0.423 e. The number of hydrogen-bond acceptors (Lipinski definition) is 6. The van der Waals surface area contributed by atoms with E-state index in [0.29, 0.717) is 11.3 Å².